The summed E-state index contributed by atoms with van der Waals surface area (Å²) in [5.74, 6) is -0.556. The van der Waals surface area contributed by atoms with Crippen molar-refractivity contribution in [2.24, 2.45) is 5.92 Å². The molecule has 0 unspecified atom stereocenters. The van der Waals surface area contributed by atoms with Gasteiger partial charge in [-0.1, -0.05) is 27.5 Å². The van der Waals surface area contributed by atoms with E-state index < -0.39 is 0 Å². The van der Waals surface area contributed by atoms with Gasteiger partial charge in [-0.05, 0) is 38.0 Å². The Morgan fingerprint density at radius 3 is 2.86 bits per heavy atom. The van der Waals surface area contributed by atoms with Crippen LogP contribution in [0, 0.1) is 5.92 Å². The van der Waals surface area contributed by atoms with Crippen LogP contribution in [-0.4, -0.2) is 36.5 Å². The quantitative estimate of drug-likeness (QED) is 0.761. The minimum atomic E-state index is -0.231. The number of amides is 1. The van der Waals surface area contributed by atoms with Crippen LogP contribution >= 0.6 is 27.5 Å². The first kappa shape index (κ1) is 16.3. The van der Waals surface area contributed by atoms with Gasteiger partial charge < -0.3 is 9.64 Å². The molecule has 21 heavy (non-hydrogen) atoms. The van der Waals surface area contributed by atoms with Gasteiger partial charge in [0.25, 0.3) is 5.91 Å². The maximum absolute atomic E-state index is 12.5. The van der Waals surface area contributed by atoms with Crippen LogP contribution in [0.2, 0.25) is 5.02 Å². The Kier molecular flexibility index (Phi) is 5.65. The monoisotopic (exact) mass is 373 g/mol. The zero-order valence-corrected chi connectivity index (χ0v) is 14.1. The Bertz CT molecular complexity index is 529. The highest BCUT2D eigenvalue weighted by molar-refractivity contribution is 9.10. The third kappa shape index (κ3) is 4.20. The summed E-state index contributed by atoms with van der Waals surface area (Å²) in [6.45, 7) is 3.21. The molecular weight excluding hydrogens is 358 g/mol. The van der Waals surface area contributed by atoms with E-state index in [1.54, 1.807) is 30.0 Å². The first-order chi connectivity index (χ1) is 10.0. The summed E-state index contributed by atoms with van der Waals surface area (Å²) < 4.78 is 5.81. The number of likely N-dealkylation sites (tertiary alicyclic amines) is 1. The van der Waals surface area contributed by atoms with Crippen LogP contribution in [0.5, 0.6) is 0 Å². The van der Waals surface area contributed by atoms with Crippen LogP contribution in [0.15, 0.2) is 22.7 Å². The third-order valence-corrected chi connectivity index (χ3v) is 4.11. The molecule has 0 spiro atoms. The molecule has 0 aliphatic carbocycles. The lowest BCUT2D eigenvalue weighted by atomic mass is 9.97. The van der Waals surface area contributed by atoms with E-state index in [0.717, 1.165) is 17.3 Å². The average Bonchev–Trinajstić information content (AvgIpc) is 2.46. The molecule has 4 nitrogen and oxygen atoms in total. The number of halogens is 2. The molecule has 1 saturated heterocycles. The van der Waals surface area contributed by atoms with Crippen molar-refractivity contribution in [3.8, 4) is 0 Å². The number of nitrogens with zero attached hydrogens (tertiary/aromatic N) is 1. The second kappa shape index (κ2) is 7.27. The molecule has 0 aromatic heterocycles. The highest BCUT2D eigenvalue weighted by atomic mass is 79.9. The molecule has 0 N–H and O–H groups in total. The van der Waals surface area contributed by atoms with Gasteiger partial charge in [-0.3, -0.25) is 9.59 Å². The molecule has 1 atom stereocenters. The molecule has 1 aromatic rings. The van der Waals surface area contributed by atoms with E-state index in [4.69, 9.17) is 16.3 Å². The van der Waals surface area contributed by atoms with Crippen molar-refractivity contribution in [1.82, 2.24) is 4.90 Å². The summed E-state index contributed by atoms with van der Waals surface area (Å²) in [5.41, 5.74) is 0.527. The normalized spacial score (nSPS) is 18.4. The van der Waals surface area contributed by atoms with E-state index in [0.29, 0.717) is 30.3 Å². The van der Waals surface area contributed by atoms with Crippen LogP contribution < -0.4 is 0 Å². The molecule has 1 aromatic carbocycles. The summed E-state index contributed by atoms with van der Waals surface area (Å²) in [7, 11) is 0. The average molecular weight is 375 g/mol. The number of hydrogen-bond acceptors (Lipinski definition) is 3. The van der Waals surface area contributed by atoms with Crippen molar-refractivity contribution in [2.75, 3.05) is 19.7 Å². The van der Waals surface area contributed by atoms with Crippen molar-refractivity contribution in [3.63, 3.8) is 0 Å². The largest absolute Gasteiger partial charge is 0.466 e. The molecule has 1 aliphatic heterocycles. The molecule has 0 saturated carbocycles. The van der Waals surface area contributed by atoms with Crippen molar-refractivity contribution < 1.29 is 14.3 Å². The molecular formula is C15H17BrClNO3. The maximum atomic E-state index is 12.5. The number of carbonyl (C=O) groups excluding carboxylic acids is 2. The van der Waals surface area contributed by atoms with Crippen LogP contribution in [0.25, 0.3) is 0 Å². The zero-order valence-electron chi connectivity index (χ0n) is 11.8. The second-order valence-corrected chi connectivity index (χ2v) is 6.35. The van der Waals surface area contributed by atoms with Gasteiger partial charge in [0.1, 0.15) is 0 Å². The lowest BCUT2D eigenvalue weighted by Crippen LogP contribution is -2.42. The van der Waals surface area contributed by atoms with Gasteiger partial charge in [0.05, 0.1) is 12.5 Å². The van der Waals surface area contributed by atoms with E-state index >= 15 is 0 Å². The lowest BCUT2D eigenvalue weighted by Gasteiger charge is -2.31. The van der Waals surface area contributed by atoms with Gasteiger partial charge >= 0.3 is 5.97 Å². The minimum Gasteiger partial charge on any atom is -0.466 e. The topological polar surface area (TPSA) is 46.6 Å². The highest BCUT2D eigenvalue weighted by Crippen LogP contribution is 2.23. The fraction of sp³-hybridized carbons (Fsp3) is 0.467. The van der Waals surface area contributed by atoms with Crippen molar-refractivity contribution >= 4 is 39.4 Å². The SMILES string of the molecule is CCOC(=O)[C@H]1CCCN(C(=O)c2cc(Cl)cc(Br)c2)C1. The van der Waals surface area contributed by atoms with Crippen molar-refractivity contribution in [3.05, 3.63) is 33.3 Å². The van der Waals surface area contributed by atoms with Crippen molar-refractivity contribution in [2.45, 2.75) is 19.8 Å². The number of carbonyl (C=O) groups is 2. The Labute approximate surface area is 137 Å². The summed E-state index contributed by atoms with van der Waals surface area (Å²) in [5, 5.41) is 0.506. The first-order valence-electron chi connectivity index (χ1n) is 6.93. The summed E-state index contributed by atoms with van der Waals surface area (Å²) in [4.78, 5) is 26.0. The standard InChI is InChI=1S/C15H17BrClNO3/c1-2-21-15(20)10-4-3-5-18(9-10)14(19)11-6-12(16)8-13(17)7-11/h6-8,10H,2-5,9H2,1H3/t10-/m0/s1. The summed E-state index contributed by atoms with van der Waals surface area (Å²) in [6.07, 6.45) is 1.57. The second-order valence-electron chi connectivity index (χ2n) is 5.00. The summed E-state index contributed by atoms with van der Waals surface area (Å²) in [6, 6.07) is 5.11. The van der Waals surface area contributed by atoms with Crippen LogP contribution in [0.4, 0.5) is 0 Å². The van der Waals surface area contributed by atoms with E-state index in [9.17, 15) is 9.59 Å². The fourth-order valence-electron chi connectivity index (χ4n) is 2.47. The van der Waals surface area contributed by atoms with Gasteiger partial charge in [0.15, 0.2) is 0 Å². The predicted octanol–water partition coefficient (Wildman–Crippen LogP) is 3.52. The number of hydrogen-bond donors (Lipinski definition) is 0. The van der Waals surface area contributed by atoms with Gasteiger partial charge in [-0.15, -0.1) is 0 Å². The fourth-order valence-corrected chi connectivity index (χ4v) is 3.33. The van der Waals surface area contributed by atoms with Gasteiger partial charge in [0.2, 0.25) is 0 Å². The molecule has 114 valence electrons. The molecule has 1 fully saturated rings. The Hall–Kier alpha value is -1.07. The Balaban J connectivity index is 2.10. The molecule has 2 rings (SSSR count). The third-order valence-electron chi connectivity index (χ3n) is 3.44. The maximum Gasteiger partial charge on any atom is 0.310 e. The van der Waals surface area contributed by atoms with Crippen LogP contribution in [0.1, 0.15) is 30.1 Å². The van der Waals surface area contributed by atoms with E-state index in [1.807, 2.05) is 0 Å². The number of piperidine rings is 1. The van der Waals surface area contributed by atoms with E-state index in [2.05, 4.69) is 15.9 Å². The molecule has 0 bridgehead atoms. The number of esters is 1. The van der Waals surface area contributed by atoms with E-state index in [-0.39, 0.29) is 17.8 Å². The molecule has 1 aliphatic rings. The minimum absolute atomic E-state index is 0.104. The zero-order chi connectivity index (χ0) is 15.4. The number of ether oxygens (including phenoxy) is 1. The summed E-state index contributed by atoms with van der Waals surface area (Å²) >= 11 is 9.31. The number of benzene rings is 1. The smallest absolute Gasteiger partial charge is 0.310 e. The predicted molar refractivity (Wildman–Crippen MR) is 84.4 cm³/mol. The van der Waals surface area contributed by atoms with Crippen LogP contribution in [-0.2, 0) is 9.53 Å². The molecule has 1 heterocycles. The molecule has 6 heteroatoms. The van der Waals surface area contributed by atoms with Crippen molar-refractivity contribution in [1.29, 1.82) is 0 Å². The van der Waals surface area contributed by atoms with Gasteiger partial charge in [0, 0.05) is 28.1 Å². The van der Waals surface area contributed by atoms with Gasteiger partial charge in [-0.2, -0.15) is 0 Å². The van der Waals surface area contributed by atoms with Gasteiger partial charge in [-0.25, -0.2) is 0 Å². The lowest BCUT2D eigenvalue weighted by molar-refractivity contribution is -0.149. The highest BCUT2D eigenvalue weighted by Gasteiger charge is 2.29. The number of rotatable bonds is 3. The molecule has 0 radical (unpaired) electrons. The molecule has 1 amide bonds. The van der Waals surface area contributed by atoms with Crippen LogP contribution in [0.3, 0.4) is 0 Å². The van der Waals surface area contributed by atoms with E-state index in [1.165, 1.54) is 0 Å². The Morgan fingerprint density at radius 1 is 1.43 bits per heavy atom. The Morgan fingerprint density at radius 2 is 2.19 bits per heavy atom. The first-order valence-corrected chi connectivity index (χ1v) is 8.10.